The Balaban J connectivity index is 4.09. The second-order valence-electron chi connectivity index (χ2n) is 3.20. The third kappa shape index (κ3) is 5.08. The average Bonchev–Trinajstić information content (AvgIpc) is 2.17. The third-order valence-corrected chi connectivity index (χ3v) is 2.11. The van der Waals surface area contributed by atoms with E-state index < -0.39 is 5.38 Å². The predicted octanol–water partition coefficient (Wildman–Crippen LogP) is 2.16. The largest absolute Gasteiger partial charge is 0.340 e. The molecule has 1 unspecified atom stereocenters. The van der Waals surface area contributed by atoms with Gasteiger partial charge in [-0.2, -0.15) is 5.26 Å². The topological polar surface area (TPSA) is 44.1 Å². The van der Waals surface area contributed by atoms with E-state index in [1.165, 1.54) is 0 Å². The molecule has 0 saturated heterocycles. The molecule has 0 rings (SSSR count). The van der Waals surface area contributed by atoms with E-state index in [2.05, 4.69) is 6.92 Å². The summed E-state index contributed by atoms with van der Waals surface area (Å²) in [5.74, 6) is -0.0737. The van der Waals surface area contributed by atoms with Gasteiger partial charge >= 0.3 is 0 Å². The molecule has 0 radical (unpaired) electrons. The van der Waals surface area contributed by atoms with Crippen LogP contribution in [0.3, 0.4) is 0 Å². The maximum atomic E-state index is 11.5. The van der Waals surface area contributed by atoms with E-state index in [0.29, 0.717) is 19.5 Å². The minimum Gasteiger partial charge on any atom is -0.340 e. The van der Waals surface area contributed by atoms with Crippen LogP contribution in [0.1, 0.15) is 33.1 Å². The first kappa shape index (κ1) is 13.2. The molecule has 0 heterocycles. The number of hydrogen-bond acceptors (Lipinski definition) is 2. The Kier molecular flexibility index (Phi) is 7.23. The van der Waals surface area contributed by atoms with Crippen molar-refractivity contribution in [2.24, 2.45) is 0 Å². The molecule has 80 valence electrons. The van der Waals surface area contributed by atoms with E-state index in [-0.39, 0.29) is 5.91 Å². The van der Waals surface area contributed by atoms with Gasteiger partial charge in [0.2, 0.25) is 5.91 Å². The van der Waals surface area contributed by atoms with E-state index in [1.807, 2.05) is 6.07 Å². The van der Waals surface area contributed by atoms with Crippen molar-refractivity contribution in [2.45, 2.75) is 38.5 Å². The van der Waals surface area contributed by atoms with Crippen LogP contribution in [0, 0.1) is 11.3 Å². The number of unbranched alkanes of at least 4 members (excludes halogenated alkanes) is 1. The summed E-state index contributed by atoms with van der Waals surface area (Å²) in [6.07, 6.45) is 2.37. The number of nitriles is 1. The molecule has 4 heteroatoms. The lowest BCUT2D eigenvalue weighted by molar-refractivity contribution is -0.130. The Morgan fingerprint density at radius 3 is 2.64 bits per heavy atom. The molecule has 0 aliphatic carbocycles. The highest BCUT2D eigenvalue weighted by Gasteiger charge is 2.17. The van der Waals surface area contributed by atoms with Crippen molar-refractivity contribution in [1.82, 2.24) is 4.90 Å². The van der Waals surface area contributed by atoms with Crippen molar-refractivity contribution >= 4 is 17.5 Å². The van der Waals surface area contributed by atoms with Crippen molar-refractivity contribution in [3.8, 4) is 6.07 Å². The van der Waals surface area contributed by atoms with Crippen LogP contribution in [-0.2, 0) is 4.79 Å². The molecule has 0 aromatic carbocycles. The summed E-state index contributed by atoms with van der Waals surface area (Å²) in [5.41, 5.74) is 0. The Hall–Kier alpha value is -0.750. The highest BCUT2D eigenvalue weighted by Crippen LogP contribution is 2.04. The van der Waals surface area contributed by atoms with E-state index in [4.69, 9.17) is 16.9 Å². The van der Waals surface area contributed by atoms with Crippen molar-refractivity contribution < 1.29 is 4.79 Å². The molecule has 14 heavy (non-hydrogen) atoms. The first-order valence-electron chi connectivity index (χ1n) is 4.93. The molecule has 0 spiro atoms. The number of carbonyl (C=O) groups excluding carboxylic acids is 1. The van der Waals surface area contributed by atoms with Crippen molar-refractivity contribution in [3.63, 3.8) is 0 Å². The molecule has 0 aliphatic rings. The highest BCUT2D eigenvalue weighted by molar-refractivity contribution is 6.30. The minimum atomic E-state index is -0.495. The van der Waals surface area contributed by atoms with Gasteiger partial charge in [-0.25, -0.2) is 0 Å². The Labute approximate surface area is 90.6 Å². The molecule has 0 N–H and O–H groups in total. The lowest BCUT2D eigenvalue weighted by Gasteiger charge is -2.22. The Morgan fingerprint density at radius 1 is 1.57 bits per heavy atom. The summed E-state index contributed by atoms with van der Waals surface area (Å²) in [4.78, 5) is 13.2. The fourth-order valence-corrected chi connectivity index (χ4v) is 1.26. The van der Waals surface area contributed by atoms with Crippen molar-refractivity contribution in [1.29, 1.82) is 5.26 Å². The van der Waals surface area contributed by atoms with Gasteiger partial charge in [0.25, 0.3) is 0 Å². The number of rotatable bonds is 6. The van der Waals surface area contributed by atoms with Gasteiger partial charge in [-0.15, -0.1) is 11.6 Å². The van der Waals surface area contributed by atoms with Crippen molar-refractivity contribution in [2.75, 3.05) is 13.1 Å². The first-order valence-corrected chi connectivity index (χ1v) is 5.37. The third-order valence-electron chi connectivity index (χ3n) is 1.93. The van der Waals surface area contributed by atoms with Crippen LogP contribution in [0.2, 0.25) is 0 Å². The lowest BCUT2D eigenvalue weighted by atomic mass is 10.2. The predicted molar refractivity (Wildman–Crippen MR) is 57.0 cm³/mol. The van der Waals surface area contributed by atoms with Gasteiger partial charge in [-0.1, -0.05) is 13.3 Å². The summed E-state index contributed by atoms with van der Waals surface area (Å²) < 4.78 is 0. The van der Waals surface area contributed by atoms with Gasteiger partial charge in [0.1, 0.15) is 5.38 Å². The first-order chi connectivity index (χ1) is 6.63. The number of halogens is 1. The van der Waals surface area contributed by atoms with E-state index in [0.717, 1.165) is 12.8 Å². The Morgan fingerprint density at radius 2 is 2.21 bits per heavy atom. The van der Waals surface area contributed by atoms with E-state index >= 15 is 0 Å². The zero-order valence-corrected chi connectivity index (χ0v) is 9.55. The number of nitrogens with zero attached hydrogens (tertiary/aromatic N) is 2. The zero-order chi connectivity index (χ0) is 11.0. The summed E-state index contributed by atoms with van der Waals surface area (Å²) in [6, 6.07) is 2.03. The maximum absolute atomic E-state index is 11.5. The van der Waals surface area contributed by atoms with E-state index in [9.17, 15) is 4.79 Å². The second-order valence-corrected chi connectivity index (χ2v) is 3.86. The monoisotopic (exact) mass is 216 g/mol. The standard InChI is InChI=1S/C10H17ClN2O/c1-3-4-7-13(8-5-6-12)10(14)9(2)11/h9H,3-5,7-8H2,1-2H3. The quantitative estimate of drug-likeness (QED) is 0.639. The lowest BCUT2D eigenvalue weighted by Crippen LogP contribution is -2.37. The van der Waals surface area contributed by atoms with E-state index in [1.54, 1.807) is 11.8 Å². The normalized spacial score (nSPS) is 11.9. The molecule has 0 fully saturated rings. The van der Waals surface area contributed by atoms with Gasteiger partial charge in [0.05, 0.1) is 12.5 Å². The number of alkyl halides is 1. The van der Waals surface area contributed by atoms with Crippen LogP contribution in [0.25, 0.3) is 0 Å². The van der Waals surface area contributed by atoms with Gasteiger partial charge in [-0.3, -0.25) is 4.79 Å². The smallest absolute Gasteiger partial charge is 0.240 e. The molecule has 0 bridgehead atoms. The fraction of sp³-hybridized carbons (Fsp3) is 0.800. The molecule has 3 nitrogen and oxygen atoms in total. The van der Waals surface area contributed by atoms with Crippen LogP contribution < -0.4 is 0 Å². The zero-order valence-electron chi connectivity index (χ0n) is 8.79. The highest BCUT2D eigenvalue weighted by atomic mass is 35.5. The SMILES string of the molecule is CCCCN(CCC#N)C(=O)C(C)Cl. The Bertz CT molecular complexity index is 211. The summed E-state index contributed by atoms with van der Waals surface area (Å²) in [6.45, 7) is 4.92. The molecule has 1 atom stereocenters. The molecule has 0 aromatic heterocycles. The van der Waals surface area contributed by atoms with Crippen LogP contribution >= 0.6 is 11.6 Å². The average molecular weight is 217 g/mol. The molecule has 0 saturated carbocycles. The molecule has 0 aromatic rings. The minimum absolute atomic E-state index is 0.0737. The van der Waals surface area contributed by atoms with Crippen molar-refractivity contribution in [3.05, 3.63) is 0 Å². The van der Waals surface area contributed by atoms with Crippen LogP contribution in [-0.4, -0.2) is 29.3 Å². The van der Waals surface area contributed by atoms with Gasteiger partial charge < -0.3 is 4.90 Å². The number of amides is 1. The van der Waals surface area contributed by atoms with Gasteiger partial charge in [-0.05, 0) is 13.3 Å². The van der Waals surface area contributed by atoms with Gasteiger partial charge in [0.15, 0.2) is 0 Å². The molecular formula is C10H17ClN2O. The van der Waals surface area contributed by atoms with Gasteiger partial charge in [0, 0.05) is 13.1 Å². The summed E-state index contributed by atoms with van der Waals surface area (Å²) in [7, 11) is 0. The second kappa shape index (κ2) is 7.64. The van der Waals surface area contributed by atoms with Crippen LogP contribution in [0.4, 0.5) is 0 Å². The number of hydrogen-bond donors (Lipinski definition) is 0. The summed E-state index contributed by atoms with van der Waals surface area (Å²) >= 11 is 5.71. The van der Waals surface area contributed by atoms with Crippen LogP contribution in [0.5, 0.6) is 0 Å². The summed E-state index contributed by atoms with van der Waals surface area (Å²) in [5, 5.41) is 7.95. The fourth-order valence-electron chi connectivity index (χ4n) is 1.12. The molecule has 0 aliphatic heterocycles. The van der Waals surface area contributed by atoms with Crippen LogP contribution in [0.15, 0.2) is 0 Å². The number of carbonyl (C=O) groups is 1. The maximum Gasteiger partial charge on any atom is 0.240 e. The molecule has 1 amide bonds. The molecular weight excluding hydrogens is 200 g/mol.